The quantitative estimate of drug-likeness (QED) is 0.813. The third-order valence-corrected chi connectivity index (χ3v) is 4.72. The maximum Gasteiger partial charge on any atom is 0.153 e. The average molecular weight is 292 g/mol. The van der Waals surface area contributed by atoms with Crippen LogP contribution in [0.5, 0.6) is 0 Å². The van der Waals surface area contributed by atoms with E-state index in [0.29, 0.717) is 11.4 Å². The monoisotopic (exact) mass is 292 g/mol. The van der Waals surface area contributed by atoms with Crippen LogP contribution in [0, 0.1) is 17.6 Å². The Morgan fingerprint density at radius 2 is 1.95 bits per heavy atom. The lowest BCUT2D eigenvalue weighted by molar-refractivity contribution is 0.299. The lowest BCUT2D eigenvalue weighted by atomic mass is 9.79. The highest BCUT2D eigenvalue weighted by Crippen LogP contribution is 2.37. The standard InChI is InChI=1S/C17H22F2N2/c1-2-3-4-11-5-7-12(8-6-11)17-20-15-10-13(18)9-14(19)16(15)21-17/h9-12H,2-8H2,1H3,(H,20,21). The van der Waals surface area contributed by atoms with Gasteiger partial charge in [-0.05, 0) is 37.7 Å². The van der Waals surface area contributed by atoms with Gasteiger partial charge in [0.2, 0.25) is 0 Å². The Morgan fingerprint density at radius 3 is 2.67 bits per heavy atom. The van der Waals surface area contributed by atoms with Crippen molar-refractivity contribution in [1.82, 2.24) is 9.97 Å². The number of benzene rings is 1. The van der Waals surface area contributed by atoms with Crippen LogP contribution in [0.25, 0.3) is 11.0 Å². The number of halogens is 2. The van der Waals surface area contributed by atoms with E-state index in [1.54, 1.807) is 0 Å². The molecule has 3 rings (SSSR count). The summed E-state index contributed by atoms with van der Waals surface area (Å²) in [6.07, 6.45) is 8.52. The Labute approximate surface area is 124 Å². The largest absolute Gasteiger partial charge is 0.342 e. The molecule has 4 heteroatoms. The first kappa shape index (κ1) is 14.5. The SMILES string of the molecule is CCCCC1CCC(c2nc3c(F)cc(F)cc3[nH]2)CC1. The summed E-state index contributed by atoms with van der Waals surface area (Å²) >= 11 is 0. The van der Waals surface area contributed by atoms with E-state index < -0.39 is 11.6 Å². The number of aromatic amines is 1. The molecule has 1 heterocycles. The van der Waals surface area contributed by atoms with Crippen molar-refractivity contribution < 1.29 is 8.78 Å². The van der Waals surface area contributed by atoms with Crippen molar-refractivity contribution in [3.8, 4) is 0 Å². The maximum atomic E-state index is 13.7. The van der Waals surface area contributed by atoms with Crippen LogP contribution in [0.2, 0.25) is 0 Å². The fourth-order valence-corrected chi connectivity index (χ4v) is 3.47. The molecule has 0 saturated heterocycles. The topological polar surface area (TPSA) is 28.7 Å². The summed E-state index contributed by atoms with van der Waals surface area (Å²) in [6, 6.07) is 2.22. The highest BCUT2D eigenvalue weighted by molar-refractivity contribution is 5.75. The molecule has 0 bridgehead atoms. The first-order valence-corrected chi connectivity index (χ1v) is 8.02. The van der Waals surface area contributed by atoms with Crippen LogP contribution >= 0.6 is 0 Å². The molecule has 0 radical (unpaired) electrons. The number of H-pyrrole nitrogens is 1. The van der Waals surface area contributed by atoms with E-state index in [1.807, 2.05) is 0 Å². The molecule has 1 aromatic carbocycles. The van der Waals surface area contributed by atoms with Gasteiger partial charge >= 0.3 is 0 Å². The third kappa shape index (κ3) is 3.09. The molecule has 2 nitrogen and oxygen atoms in total. The number of imidazole rings is 1. The Bertz CT molecular complexity index is 613. The van der Waals surface area contributed by atoms with Gasteiger partial charge in [0.05, 0.1) is 5.52 Å². The van der Waals surface area contributed by atoms with Crippen molar-refractivity contribution in [2.45, 2.75) is 57.8 Å². The van der Waals surface area contributed by atoms with Crippen molar-refractivity contribution in [2.75, 3.05) is 0 Å². The van der Waals surface area contributed by atoms with E-state index in [0.717, 1.165) is 30.7 Å². The number of unbranched alkanes of at least 4 members (excludes halogenated alkanes) is 1. The minimum absolute atomic E-state index is 0.263. The Kier molecular flexibility index (Phi) is 4.22. The summed E-state index contributed by atoms with van der Waals surface area (Å²) in [6.45, 7) is 2.23. The van der Waals surface area contributed by atoms with Crippen LogP contribution in [0.3, 0.4) is 0 Å². The van der Waals surface area contributed by atoms with Gasteiger partial charge < -0.3 is 4.98 Å². The zero-order valence-corrected chi connectivity index (χ0v) is 12.5. The summed E-state index contributed by atoms with van der Waals surface area (Å²) in [4.78, 5) is 7.48. The van der Waals surface area contributed by atoms with Crippen LogP contribution in [0.1, 0.15) is 63.6 Å². The molecule has 0 aliphatic heterocycles. The second kappa shape index (κ2) is 6.12. The molecule has 2 aromatic rings. The highest BCUT2D eigenvalue weighted by atomic mass is 19.1. The molecule has 1 aliphatic rings. The summed E-state index contributed by atoms with van der Waals surface area (Å²) in [5.41, 5.74) is 0.732. The van der Waals surface area contributed by atoms with Crippen molar-refractivity contribution >= 4 is 11.0 Å². The van der Waals surface area contributed by atoms with E-state index in [1.165, 1.54) is 38.2 Å². The van der Waals surface area contributed by atoms with Gasteiger partial charge in [0, 0.05) is 12.0 Å². The Morgan fingerprint density at radius 1 is 1.19 bits per heavy atom. The van der Waals surface area contributed by atoms with Gasteiger partial charge in [-0.1, -0.05) is 26.2 Å². The first-order valence-electron chi connectivity index (χ1n) is 8.02. The van der Waals surface area contributed by atoms with E-state index in [2.05, 4.69) is 16.9 Å². The zero-order valence-electron chi connectivity index (χ0n) is 12.5. The molecule has 0 spiro atoms. The van der Waals surface area contributed by atoms with Crippen molar-refractivity contribution in [3.63, 3.8) is 0 Å². The molecule has 114 valence electrons. The van der Waals surface area contributed by atoms with Gasteiger partial charge in [-0.15, -0.1) is 0 Å². The summed E-state index contributed by atoms with van der Waals surface area (Å²) in [5.74, 6) is 0.878. The number of aromatic nitrogens is 2. The van der Waals surface area contributed by atoms with Gasteiger partial charge in [-0.3, -0.25) is 0 Å². The van der Waals surface area contributed by atoms with Crippen LogP contribution in [-0.2, 0) is 0 Å². The highest BCUT2D eigenvalue weighted by Gasteiger charge is 2.24. The second-order valence-corrected chi connectivity index (χ2v) is 6.27. The van der Waals surface area contributed by atoms with Gasteiger partial charge in [-0.2, -0.15) is 0 Å². The fourth-order valence-electron chi connectivity index (χ4n) is 3.47. The predicted molar refractivity (Wildman–Crippen MR) is 80.2 cm³/mol. The summed E-state index contributed by atoms with van der Waals surface area (Å²) in [5, 5.41) is 0. The van der Waals surface area contributed by atoms with Crippen LogP contribution in [-0.4, -0.2) is 9.97 Å². The molecule has 0 unspecified atom stereocenters. The first-order chi connectivity index (χ1) is 10.2. The number of hydrogen-bond donors (Lipinski definition) is 1. The van der Waals surface area contributed by atoms with Gasteiger partial charge in [0.25, 0.3) is 0 Å². The lowest BCUT2D eigenvalue weighted by Gasteiger charge is -2.27. The molecule has 21 heavy (non-hydrogen) atoms. The Balaban J connectivity index is 1.72. The smallest absolute Gasteiger partial charge is 0.153 e. The minimum Gasteiger partial charge on any atom is -0.342 e. The minimum atomic E-state index is -0.580. The summed E-state index contributed by atoms with van der Waals surface area (Å²) < 4.78 is 26.9. The molecule has 1 N–H and O–H groups in total. The van der Waals surface area contributed by atoms with Crippen LogP contribution in [0.4, 0.5) is 8.78 Å². The molecular weight excluding hydrogens is 270 g/mol. The van der Waals surface area contributed by atoms with Crippen LogP contribution in [0.15, 0.2) is 12.1 Å². The zero-order chi connectivity index (χ0) is 14.8. The summed E-state index contributed by atoms with van der Waals surface area (Å²) in [7, 11) is 0. The fraction of sp³-hybridized carbons (Fsp3) is 0.588. The van der Waals surface area contributed by atoms with Gasteiger partial charge in [0.15, 0.2) is 5.82 Å². The number of nitrogens with one attached hydrogen (secondary N) is 1. The average Bonchev–Trinajstić information content (AvgIpc) is 2.90. The molecule has 1 aliphatic carbocycles. The molecule has 0 atom stereocenters. The number of fused-ring (bicyclic) bond motifs is 1. The maximum absolute atomic E-state index is 13.7. The molecule has 1 saturated carbocycles. The number of hydrogen-bond acceptors (Lipinski definition) is 1. The van der Waals surface area contributed by atoms with Gasteiger partial charge in [0.1, 0.15) is 17.2 Å². The van der Waals surface area contributed by atoms with E-state index in [9.17, 15) is 8.78 Å². The number of nitrogens with zero attached hydrogens (tertiary/aromatic N) is 1. The lowest BCUT2D eigenvalue weighted by Crippen LogP contribution is -2.14. The number of rotatable bonds is 4. The molecule has 1 aromatic heterocycles. The van der Waals surface area contributed by atoms with Crippen molar-refractivity contribution in [2.24, 2.45) is 5.92 Å². The molecule has 0 amide bonds. The normalized spacial score (nSPS) is 22.8. The Hall–Kier alpha value is -1.45. The second-order valence-electron chi connectivity index (χ2n) is 6.27. The van der Waals surface area contributed by atoms with Crippen molar-refractivity contribution in [3.05, 3.63) is 29.6 Å². The van der Waals surface area contributed by atoms with E-state index in [-0.39, 0.29) is 5.52 Å². The van der Waals surface area contributed by atoms with Gasteiger partial charge in [-0.25, -0.2) is 13.8 Å². The third-order valence-electron chi connectivity index (χ3n) is 4.72. The molecule has 1 fully saturated rings. The van der Waals surface area contributed by atoms with Crippen LogP contribution < -0.4 is 0 Å². The predicted octanol–water partition coefficient (Wildman–Crippen LogP) is 5.31. The van der Waals surface area contributed by atoms with E-state index in [4.69, 9.17) is 0 Å². The van der Waals surface area contributed by atoms with Crippen molar-refractivity contribution in [1.29, 1.82) is 0 Å². The molecular formula is C17H22F2N2. The van der Waals surface area contributed by atoms with E-state index >= 15 is 0 Å².